The van der Waals surface area contributed by atoms with Crippen LogP contribution in [0.4, 0.5) is 13.2 Å². The van der Waals surface area contributed by atoms with E-state index in [1.165, 1.54) is 0 Å². The molecule has 0 unspecified atom stereocenters. The Balaban J connectivity index is 1.67. The summed E-state index contributed by atoms with van der Waals surface area (Å²) < 4.78 is 66.5. The minimum absolute atomic E-state index is 0.145. The number of nitrogens with zero attached hydrogens (tertiary/aromatic N) is 2. The predicted octanol–water partition coefficient (Wildman–Crippen LogP) is 1.06. The minimum atomic E-state index is -4.23. The number of benzene rings is 2. The van der Waals surface area contributed by atoms with Gasteiger partial charge in [0.2, 0.25) is 10.0 Å². The van der Waals surface area contributed by atoms with E-state index in [2.05, 4.69) is 0 Å². The van der Waals surface area contributed by atoms with Gasteiger partial charge in [-0.05, 0) is 24.3 Å². The highest BCUT2D eigenvalue weighted by Crippen LogP contribution is 2.23. The van der Waals surface area contributed by atoms with Crippen molar-refractivity contribution in [3.63, 3.8) is 0 Å². The molecule has 0 atom stereocenters. The second-order valence-electron chi connectivity index (χ2n) is 6.31. The molecule has 2 aromatic rings. The molecule has 3 rings (SSSR count). The summed E-state index contributed by atoms with van der Waals surface area (Å²) in [6, 6.07) is 10.6. The lowest BCUT2D eigenvalue weighted by Gasteiger charge is -2.31. The van der Waals surface area contributed by atoms with Crippen LogP contribution < -0.4 is 4.90 Å². The zero-order valence-corrected chi connectivity index (χ0v) is 15.1. The van der Waals surface area contributed by atoms with Gasteiger partial charge in [-0.15, -0.1) is 0 Å². The summed E-state index contributed by atoms with van der Waals surface area (Å²) in [4.78, 5) is 0.286. The number of rotatable bonds is 4. The molecule has 27 heavy (non-hydrogen) atoms. The monoisotopic (exact) mass is 396 g/mol. The van der Waals surface area contributed by atoms with Crippen molar-refractivity contribution in [3.8, 4) is 6.07 Å². The second-order valence-corrected chi connectivity index (χ2v) is 8.22. The van der Waals surface area contributed by atoms with Crippen LogP contribution >= 0.6 is 0 Å². The molecule has 5 nitrogen and oxygen atoms in total. The first-order valence-electron chi connectivity index (χ1n) is 8.29. The molecule has 0 saturated carbocycles. The van der Waals surface area contributed by atoms with E-state index < -0.39 is 32.4 Å². The Labute approximate surface area is 155 Å². The number of hydrogen-bond donors (Lipinski definition) is 1. The Morgan fingerprint density at radius 2 is 1.63 bits per heavy atom. The fourth-order valence-corrected chi connectivity index (χ4v) is 4.55. The number of sulfonamides is 1. The van der Waals surface area contributed by atoms with Gasteiger partial charge in [-0.1, -0.05) is 12.1 Å². The number of halogens is 3. The number of quaternary nitrogens is 1. The fraction of sp³-hybridized carbons (Fsp3) is 0.278. The van der Waals surface area contributed by atoms with Gasteiger partial charge in [-0.2, -0.15) is 9.57 Å². The van der Waals surface area contributed by atoms with Crippen molar-refractivity contribution >= 4 is 10.0 Å². The molecule has 2 aromatic carbocycles. The van der Waals surface area contributed by atoms with Crippen LogP contribution in [0.3, 0.4) is 0 Å². The maximum absolute atomic E-state index is 13.9. The van der Waals surface area contributed by atoms with Gasteiger partial charge < -0.3 is 4.90 Å². The van der Waals surface area contributed by atoms with Crippen LogP contribution in [-0.4, -0.2) is 38.9 Å². The third-order valence-corrected chi connectivity index (χ3v) is 6.50. The first kappa shape index (κ1) is 19.4. The van der Waals surface area contributed by atoms with E-state index in [0.717, 1.165) is 20.8 Å². The second kappa shape index (κ2) is 7.68. The van der Waals surface area contributed by atoms with Crippen LogP contribution in [0.25, 0.3) is 0 Å². The van der Waals surface area contributed by atoms with Crippen molar-refractivity contribution in [2.24, 2.45) is 0 Å². The van der Waals surface area contributed by atoms with Crippen molar-refractivity contribution in [1.29, 1.82) is 5.26 Å². The Hall–Kier alpha value is -2.41. The summed E-state index contributed by atoms with van der Waals surface area (Å²) >= 11 is 0. The fourth-order valence-electron chi connectivity index (χ4n) is 3.05. The van der Waals surface area contributed by atoms with Crippen LogP contribution in [0.2, 0.25) is 0 Å². The summed E-state index contributed by atoms with van der Waals surface area (Å²) in [6.07, 6.45) is 0. The topological polar surface area (TPSA) is 65.6 Å². The molecule has 1 aliphatic heterocycles. The molecular formula is C18H17F3N3O2S+. The molecule has 0 bridgehead atoms. The highest BCUT2D eigenvalue weighted by Gasteiger charge is 2.33. The van der Waals surface area contributed by atoms with Crippen LogP contribution in [0.15, 0.2) is 41.3 Å². The molecule has 1 aliphatic rings. The summed E-state index contributed by atoms with van der Waals surface area (Å²) in [6.45, 7) is 1.94. The molecule has 0 spiro atoms. The SMILES string of the molecule is N#Cc1ccc(C[NH+]2CCN(S(=O)(=O)c3ccc(F)c(F)c3F)CC2)cc1. The summed E-state index contributed by atoms with van der Waals surface area (Å²) in [5.41, 5.74) is 1.59. The summed E-state index contributed by atoms with van der Waals surface area (Å²) in [7, 11) is -4.23. The Bertz CT molecular complexity index is 980. The number of hydrogen-bond acceptors (Lipinski definition) is 3. The largest absolute Gasteiger partial charge is 0.329 e. The van der Waals surface area contributed by atoms with Crippen LogP contribution in [-0.2, 0) is 16.6 Å². The predicted molar refractivity (Wildman–Crippen MR) is 90.6 cm³/mol. The van der Waals surface area contributed by atoms with Gasteiger partial charge in [0, 0.05) is 5.56 Å². The lowest BCUT2D eigenvalue weighted by molar-refractivity contribution is -0.917. The van der Waals surface area contributed by atoms with Gasteiger partial charge >= 0.3 is 0 Å². The Morgan fingerprint density at radius 1 is 1.00 bits per heavy atom. The number of nitrogens with one attached hydrogen (secondary N) is 1. The average molecular weight is 396 g/mol. The highest BCUT2D eigenvalue weighted by atomic mass is 32.2. The smallest absolute Gasteiger partial charge is 0.246 e. The lowest BCUT2D eigenvalue weighted by Crippen LogP contribution is -3.13. The molecule has 1 N–H and O–H groups in total. The third-order valence-electron chi connectivity index (χ3n) is 4.58. The van der Waals surface area contributed by atoms with Crippen LogP contribution in [0, 0.1) is 28.8 Å². The number of piperazine rings is 1. The minimum Gasteiger partial charge on any atom is -0.329 e. The standard InChI is InChI=1S/C18H16F3N3O2S/c19-15-5-6-16(18(21)17(15)20)27(25,26)24-9-7-23(8-10-24)12-14-3-1-13(11-22)2-4-14/h1-6H,7-10,12H2/p+1. The summed E-state index contributed by atoms with van der Waals surface area (Å²) in [5.74, 6) is -4.91. The molecule has 142 valence electrons. The van der Waals surface area contributed by atoms with E-state index in [-0.39, 0.29) is 13.1 Å². The van der Waals surface area contributed by atoms with E-state index in [1.807, 2.05) is 18.2 Å². The van der Waals surface area contributed by atoms with Gasteiger partial charge in [0.25, 0.3) is 0 Å². The Kier molecular flexibility index (Phi) is 5.51. The highest BCUT2D eigenvalue weighted by molar-refractivity contribution is 7.89. The molecule has 1 heterocycles. The summed E-state index contributed by atoms with van der Waals surface area (Å²) in [5, 5.41) is 8.81. The van der Waals surface area contributed by atoms with Crippen molar-refractivity contribution < 1.29 is 26.5 Å². The zero-order valence-electron chi connectivity index (χ0n) is 14.3. The average Bonchev–Trinajstić information content (AvgIpc) is 2.67. The molecule has 0 amide bonds. The normalized spacial score (nSPS) is 16.2. The maximum Gasteiger partial charge on any atom is 0.246 e. The van der Waals surface area contributed by atoms with E-state index in [9.17, 15) is 21.6 Å². The van der Waals surface area contributed by atoms with E-state index in [0.29, 0.717) is 31.3 Å². The van der Waals surface area contributed by atoms with Crippen LogP contribution in [0.1, 0.15) is 11.1 Å². The van der Waals surface area contributed by atoms with Crippen molar-refractivity contribution in [2.75, 3.05) is 26.2 Å². The first-order chi connectivity index (χ1) is 12.8. The van der Waals surface area contributed by atoms with E-state index >= 15 is 0 Å². The Morgan fingerprint density at radius 3 is 2.22 bits per heavy atom. The van der Waals surface area contributed by atoms with Crippen molar-refractivity contribution in [2.45, 2.75) is 11.4 Å². The van der Waals surface area contributed by atoms with Gasteiger partial charge in [-0.25, -0.2) is 21.6 Å². The van der Waals surface area contributed by atoms with Crippen molar-refractivity contribution in [1.82, 2.24) is 4.31 Å². The van der Waals surface area contributed by atoms with Gasteiger partial charge in [0.05, 0.1) is 37.8 Å². The third kappa shape index (κ3) is 3.98. The quantitative estimate of drug-likeness (QED) is 0.787. The molecule has 9 heteroatoms. The molecule has 1 saturated heterocycles. The molecule has 1 fully saturated rings. The van der Waals surface area contributed by atoms with E-state index in [1.54, 1.807) is 12.1 Å². The van der Waals surface area contributed by atoms with Gasteiger partial charge in [0.1, 0.15) is 11.4 Å². The molecule has 0 aliphatic carbocycles. The maximum atomic E-state index is 13.9. The van der Waals surface area contributed by atoms with Gasteiger partial charge in [0.15, 0.2) is 17.5 Å². The zero-order chi connectivity index (χ0) is 19.6. The van der Waals surface area contributed by atoms with E-state index in [4.69, 9.17) is 5.26 Å². The van der Waals surface area contributed by atoms with Gasteiger partial charge in [-0.3, -0.25) is 0 Å². The molecule has 0 aromatic heterocycles. The lowest BCUT2D eigenvalue weighted by atomic mass is 10.1. The first-order valence-corrected chi connectivity index (χ1v) is 9.73. The van der Waals surface area contributed by atoms with Crippen molar-refractivity contribution in [3.05, 3.63) is 65.0 Å². The molecule has 0 radical (unpaired) electrons. The number of nitriles is 1. The van der Waals surface area contributed by atoms with Crippen LogP contribution in [0.5, 0.6) is 0 Å². The molecular weight excluding hydrogens is 379 g/mol.